The molecule has 0 amide bonds. The van der Waals surface area contributed by atoms with Crippen LogP contribution >= 0.6 is 11.6 Å². The molecule has 0 radical (unpaired) electrons. The zero-order chi connectivity index (χ0) is 14.9. The van der Waals surface area contributed by atoms with E-state index < -0.39 is 0 Å². The number of imidazole rings is 1. The van der Waals surface area contributed by atoms with Crippen LogP contribution in [0.3, 0.4) is 0 Å². The number of pyridine rings is 1. The molecule has 110 valence electrons. The molecule has 20 heavy (non-hydrogen) atoms. The molecule has 0 N–H and O–H groups in total. The fourth-order valence-corrected chi connectivity index (χ4v) is 2.70. The van der Waals surface area contributed by atoms with Gasteiger partial charge >= 0.3 is 0 Å². The third-order valence-corrected chi connectivity index (χ3v) is 3.96. The number of hydrogen-bond acceptors (Lipinski definition) is 2. The number of alkyl halides is 1. The molecule has 2 aromatic heterocycles. The summed E-state index contributed by atoms with van der Waals surface area (Å²) >= 11 is 6.33. The lowest BCUT2D eigenvalue weighted by Crippen LogP contribution is -2.11. The molecule has 0 spiro atoms. The molecule has 2 heterocycles. The van der Waals surface area contributed by atoms with Crippen molar-refractivity contribution in [3.8, 4) is 0 Å². The predicted octanol–water partition coefficient (Wildman–Crippen LogP) is 5.04. The smallest absolute Gasteiger partial charge is 0.160 e. The van der Waals surface area contributed by atoms with Crippen molar-refractivity contribution in [1.29, 1.82) is 0 Å². The molecule has 0 aromatic carbocycles. The Hall–Kier alpha value is -1.09. The molecule has 0 bridgehead atoms. The average Bonchev–Trinajstić information content (AvgIpc) is 2.77. The van der Waals surface area contributed by atoms with E-state index in [-0.39, 0.29) is 5.38 Å². The van der Waals surface area contributed by atoms with Gasteiger partial charge in [0.05, 0.1) is 5.38 Å². The molecule has 0 saturated carbocycles. The summed E-state index contributed by atoms with van der Waals surface area (Å²) in [7, 11) is 0. The van der Waals surface area contributed by atoms with E-state index in [2.05, 4.69) is 37.2 Å². The summed E-state index contributed by atoms with van der Waals surface area (Å²) in [6.07, 6.45) is 4.17. The summed E-state index contributed by atoms with van der Waals surface area (Å²) in [6.45, 7) is 10.8. The maximum absolute atomic E-state index is 6.33. The summed E-state index contributed by atoms with van der Waals surface area (Å²) in [5, 5.41) is -0.106. The van der Waals surface area contributed by atoms with Crippen LogP contribution in [0.2, 0.25) is 0 Å². The number of fused-ring (bicyclic) bond motifs is 1. The minimum Gasteiger partial charge on any atom is -0.309 e. The van der Waals surface area contributed by atoms with Crippen molar-refractivity contribution < 1.29 is 0 Å². The summed E-state index contributed by atoms with van der Waals surface area (Å²) < 4.78 is 2.22. The minimum atomic E-state index is -0.106. The molecule has 2 atom stereocenters. The molecular formula is C16H24ClN3. The van der Waals surface area contributed by atoms with E-state index in [1.165, 1.54) is 6.42 Å². The number of aromatic nitrogens is 3. The second-order valence-corrected chi connectivity index (χ2v) is 6.73. The van der Waals surface area contributed by atoms with Gasteiger partial charge < -0.3 is 4.57 Å². The molecular weight excluding hydrogens is 270 g/mol. The number of rotatable bonds is 5. The Morgan fingerprint density at radius 2 is 1.90 bits per heavy atom. The first kappa shape index (κ1) is 15.3. The SMILES string of the molecule is Cc1ccnc2c1nc(C(C)Cl)n2C(C)CCC(C)C. The van der Waals surface area contributed by atoms with E-state index in [4.69, 9.17) is 16.6 Å². The molecule has 3 nitrogen and oxygen atoms in total. The highest BCUT2D eigenvalue weighted by atomic mass is 35.5. The Balaban J connectivity index is 2.48. The first-order valence-electron chi connectivity index (χ1n) is 7.39. The van der Waals surface area contributed by atoms with Crippen LogP contribution in [-0.4, -0.2) is 14.5 Å². The van der Waals surface area contributed by atoms with Gasteiger partial charge in [-0.3, -0.25) is 0 Å². The van der Waals surface area contributed by atoms with Crippen LogP contribution in [0.1, 0.15) is 63.3 Å². The Kier molecular flexibility index (Phi) is 4.69. The van der Waals surface area contributed by atoms with E-state index in [0.29, 0.717) is 12.0 Å². The number of halogens is 1. The Bertz CT molecular complexity index is 587. The quantitative estimate of drug-likeness (QED) is 0.723. The van der Waals surface area contributed by atoms with Gasteiger partial charge in [0, 0.05) is 12.2 Å². The molecule has 0 aliphatic carbocycles. The zero-order valence-corrected chi connectivity index (χ0v) is 13.8. The fraction of sp³-hybridized carbons (Fsp3) is 0.625. The van der Waals surface area contributed by atoms with Crippen LogP contribution in [-0.2, 0) is 0 Å². The van der Waals surface area contributed by atoms with Gasteiger partial charge in [-0.25, -0.2) is 9.97 Å². The number of hydrogen-bond donors (Lipinski definition) is 0. The average molecular weight is 294 g/mol. The standard InChI is InChI=1S/C16H24ClN3/c1-10(2)6-7-12(4)20-15(13(5)17)19-14-11(3)8-9-18-16(14)20/h8-10,12-13H,6-7H2,1-5H3. The van der Waals surface area contributed by atoms with Gasteiger partial charge in [0.15, 0.2) is 5.65 Å². The van der Waals surface area contributed by atoms with Crippen LogP contribution in [0.25, 0.3) is 11.2 Å². The van der Waals surface area contributed by atoms with Crippen molar-refractivity contribution in [3.05, 3.63) is 23.7 Å². The molecule has 2 unspecified atom stereocenters. The van der Waals surface area contributed by atoms with Gasteiger partial charge in [-0.1, -0.05) is 13.8 Å². The lowest BCUT2D eigenvalue weighted by atomic mass is 10.0. The predicted molar refractivity (Wildman–Crippen MR) is 85.3 cm³/mol. The number of aryl methyl sites for hydroxylation is 1. The first-order chi connectivity index (χ1) is 9.41. The summed E-state index contributed by atoms with van der Waals surface area (Å²) in [5.74, 6) is 1.64. The van der Waals surface area contributed by atoms with Crippen molar-refractivity contribution in [2.24, 2.45) is 5.92 Å². The highest BCUT2D eigenvalue weighted by molar-refractivity contribution is 6.20. The first-order valence-corrected chi connectivity index (χ1v) is 7.83. The van der Waals surface area contributed by atoms with Crippen molar-refractivity contribution in [1.82, 2.24) is 14.5 Å². The third-order valence-electron chi connectivity index (χ3n) is 3.77. The lowest BCUT2D eigenvalue weighted by molar-refractivity contribution is 0.435. The summed E-state index contributed by atoms with van der Waals surface area (Å²) in [4.78, 5) is 9.26. The fourth-order valence-electron chi connectivity index (χ4n) is 2.55. The van der Waals surface area contributed by atoms with E-state index in [0.717, 1.165) is 29.0 Å². The van der Waals surface area contributed by atoms with Gasteiger partial charge in [0.1, 0.15) is 11.3 Å². The molecule has 0 fully saturated rings. The molecule has 2 rings (SSSR count). The van der Waals surface area contributed by atoms with Crippen LogP contribution in [0.15, 0.2) is 12.3 Å². The van der Waals surface area contributed by atoms with E-state index in [1.54, 1.807) is 0 Å². The van der Waals surface area contributed by atoms with Gasteiger partial charge in [0.2, 0.25) is 0 Å². The lowest BCUT2D eigenvalue weighted by Gasteiger charge is -2.19. The van der Waals surface area contributed by atoms with E-state index in [1.807, 2.05) is 19.2 Å². The largest absolute Gasteiger partial charge is 0.309 e. The monoisotopic (exact) mass is 293 g/mol. The third kappa shape index (κ3) is 2.98. The van der Waals surface area contributed by atoms with Gasteiger partial charge in [0.25, 0.3) is 0 Å². The van der Waals surface area contributed by atoms with E-state index in [9.17, 15) is 0 Å². The molecule has 4 heteroatoms. The second-order valence-electron chi connectivity index (χ2n) is 6.08. The van der Waals surface area contributed by atoms with Crippen LogP contribution < -0.4 is 0 Å². The highest BCUT2D eigenvalue weighted by Gasteiger charge is 2.20. The van der Waals surface area contributed by atoms with E-state index >= 15 is 0 Å². The van der Waals surface area contributed by atoms with Crippen LogP contribution in [0.4, 0.5) is 0 Å². The van der Waals surface area contributed by atoms with Gasteiger partial charge in [-0.2, -0.15) is 0 Å². The van der Waals surface area contributed by atoms with Crippen LogP contribution in [0.5, 0.6) is 0 Å². The zero-order valence-electron chi connectivity index (χ0n) is 13.0. The second kappa shape index (κ2) is 6.13. The van der Waals surface area contributed by atoms with Crippen molar-refractivity contribution >= 4 is 22.8 Å². The molecule has 2 aromatic rings. The molecule has 0 saturated heterocycles. The maximum Gasteiger partial charge on any atom is 0.160 e. The Morgan fingerprint density at radius 1 is 1.20 bits per heavy atom. The topological polar surface area (TPSA) is 30.7 Å². The maximum atomic E-state index is 6.33. The van der Waals surface area contributed by atoms with Crippen molar-refractivity contribution in [3.63, 3.8) is 0 Å². The molecule has 0 aliphatic heterocycles. The van der Waals surface area contributed by atoms with Crippen molar-refractivity contribution in [2.45, 2.75) is 58.9 Å². The van der Waals surface area contributed by atoms with Gasteiger partial charge in [-0.15, -0.1) is 11.6 Å². The summed E-state index contributed by atoms with van der Waals surface area (Å²) in [5.41, 5.74) is 3.10. The number of nitrogens with zero attached hydrogens (tertiary/aromatic N) is 3. The van der Waals surface area contributed by atoms with Crippen molar-refractivity contribution in [2.75, 3.05) is 0 Å². The normalized spacial score (nSPS) is 14.9. The summed E-state index contributed by atoms with van der Waals surface area (Å²) in [6, 6.07) is 2.37. The minimum absolute atomic E-state index is 0.106. The highest BCUT2D eigenvalue weighted by Crippen LogP contribution is 2.30. The van der Waals surface area contributed by atoms with Crippen LogP contribution in [0, 0.1) is 12.8 Å². The Labute approximate surface area is 126 Å². The Morgan fingerprint density at radius 3 is 2.50 bits per heavy atom. The molecule has 0 aliphatic rings. The van der Waals surface area contributed by atoms with Gasteiger partial charge in [-0.05, 0) is 51.2 Å².